The SMILES string of the molecule is NC=NC1CCC(COP(=O)(O)OP(=O)(O)OP(=O)(O)O)O1. The van der Waals surface area contributed by atoms with Crippen molar-refractivity contribution in [3.05, 3.63) is 0 Å². The molecule has 0 radical (unpaired) electrons. The Morgan fingerprint density at radius 1 is 1.14 bits per heavy atom. The maximum atomic E-state index is 11.4. The smallest absolute Gasteiger partial charge is 0.390 e. The van der Waals surface area contributed by atoms with Crippen LogP contribution < -0.4 is 5.73 Å². The van der Waals surface area contributed by atoms with Crippen LogP contribution in [0.3, 0.4) is 0 Å². The molecule has 0 bridgehead atoms. The van der Waals surface area contributed by atoms with Gasteiger partial charge in [-0.25, -0.2) is 18.7 Å². The highest BCUT2D eigenvalue weighted by Crippen LogP contribution is 2.66. The van der Waals surface area contributed by atoms with Crippen LogP contribution in [0.25, 0.3) is 0 Å². The molecular weight excluding hydrogens is 369 g/mol. The van der Waals surface area contributed by atoms with Crippen LogP contribution in [0.4, 0.5) is 0 Å². The van der Waals surface area contributed by atoms with Gasteiger partial charge in [0.1, 0.15) is 0 Å². The minimum Gasteiger partial charge on any atom is -0.390 e. The van der Waals surface area contributed by atoms with Crippen LogP contribution in [-0.4, -0.2) is 44.9 Å². The summed E-state index contributed by atoms with van der Waals surface area (Å²) in [6.45, 7) is -0.486. The number of nitrogens with two attached hydrogens (primary N) is 1. The molecule has 0 spiro atoms. The van der Waals surface area contributed by atoms with Crippen LogP contribution in [0.1, 0.15) is 12.8 Å². The van der Waals surface area contributed by atoms with Crippen molar-refractivity contribution in [2.24, 2.45) is 10.7 Å². The van der Waals surface area contributed by atoms with E-state index in [0.29, 0.717) is 12.8 Å². The Balaban J connectivity index is 2.49. The monoisotopic (exact) mass is 384 g/mol. The Kier molecular flexibility index (Phi) is 6.88. The summed E-state index contributed by atoms with van der Waals surface area (Å²) in [5.74, 6) is 0. The van der Waals surface area contributed by atoms with Crippen LogP contribution in [0, 0.1) is 0 Å². The summed E-state index contributed by atoms with van der Waals surface area (Å²) in [7, 11) is -16.0. The summed E-state index contributed by atoms with van der Waals surface area (Å²) >= 11 is 0. The van der Waals surface area contributed by atoms with E-state index in [9.17, 15) is 18.6 Å². The zero-order valence-corrected chi connectivity index (χ0v) is 13.5. The van der Waals surface area contributed by atoms with Gasteiger partial charge in [-0.2, -0.15) is 8.62 Å². The predicted molar refractivity (Wildman–Crippen MR) is 70.4 cm³/mol. The summed E-state index contributed by atoms with van der Waals surface area (Å²) < 4.78 is 49.7. The first kappa shape index (κ1) is 19.9. The number of nitrogens with zero attached hydrogens (tertiary/aromatic N) is 1. The Bertz CT molecular complexity index is 546. The van der Waals surface area contributed by atoms with E-state index in [0.717, 1.165) is 6.34 Å². The van der Waals surface area contributed by atoms with E-state index in [4.69, 9.17) is 25.2 Å². The molecule has 1 aliphatic rings. The van der Waals surface area contributed by atoms with Gasteiger partial charge in [-0.05, 0) is 12.8 Å². The minimum absolute atomic E-state index is 0.414. The molecule has 22 heavy (non-hydrogen) atoms. The fraction of sp³-hybridized carbons (Fsp3) is 0.833. The van der Waals surface area contributed by atoms with Crippen LogP contribution in [0.5, 0.6) is 0 Å². The lowest BCUT2D eigenvalue weighted by molar-refractivity contribution is 0.0148. The lowest BCUT2D eigenvalue weighted by Gasteiger charge is -2.17. The van der Waals surface area contributed by atoms with E-state index in [-0.39, 0.29) is 0 Å². The van der Waals surface area contributed by atoms with Gasteiger partial charge in [-0.3, -0.25) is 4.52 Å². The van der Waals surface area contributed by atoms with E-state index in [1.807, 2.05) is 0 Å². The average Bonchev–Trinajstić information content (AvgIpc) is 2.70. The zero-order valence-electron chi connectivity index (χ0n) is 10.9. The van der Waals surface area contributed by atoms with Crippen molar-refractivity contribution in [3.63, 3.8) is 0 Å². The van der Waals surface area contributed by atoms with Crippen molar-refractivity contribution >= 4 is 29.8 Å². The fourth-order valence-electron chi connectivity index (χ4n) is 1.50. The molecule has 0 aromatic rings. The van der Waals surface area contributed by atoms with Crippen LogP contribution in [0.2, 0.25) is 0 Å². The Morgan fingerprint density at radius 3 is 2.32 bits per heavy atom. The van der Waals surface area contributed by atoms with Gasteiger partial charge in [0.15, 0.2) is 6.23 Å². The maximum absolute atomic E-state index is 11.4. The average molecular weight is 384 g/mol. The lowest BCUT2D eigenvalue weighted by Crippen LogP contribution is -2.16. The number of hydrogen-bond donors (Lipinski definition) is 5. The molecule has 6 N–H and O–H groups in total. The van der Waals surface area contributed by atoms with Gasteiger partial charge in [0, 0.05) is 0 Å². The molecule has 0 saturated carbocycles. The van der Waals surface area contributed by atoms with Gasteiger partial charge in [-0.15, -0.1) is 0 Å². The number of aliphatic imine (C=N–C) groups is 1. The summed E-state index contributed by atoms with van der Waals surface area (Å²) in [6, 6.07) is 0. The molecule has 13 nitrogen and oxygen atoms in total. The van der Waals surface area contributed by atoms with Crippen molar-refractivity contribution in [2.75, 3.05) is 6.61 Å². The maximum Gasteiger partial charge on any atom is 0.490 e. The third-order valence-electron chi connectivity index (χ3n) is 2.18. The topological polar surface area (TPSA) is 207 Å². The second kappa shape index (κ2) is 7.61. The highest BCUT2D eigenvalue weighted by atomic mass is 31.3. The standard InChI is InChI=1S/C6H15N2O11P3/c7-4-8-6-2-1-5(17-6)3-16-21(12,13)19-22(14,15)18-20(9,10)11/h4-6H,1-3H2,(H2,7,8)(H,12,13)(H,14,15)(H2,9,10,11). The normalized spacial score (nSPS) is 28.5. The third kappa shape index (κ3) is 7.91. The molecule has 1 aliphatic heterocycles. The molecule has 16 heteroatoms. The second-order valence-corrected chi connectivity index (χ2v) is 8.39. The van der Waals surface area contributed by atoms with Gasteiger partial charge in [-0.1, -0.05) is 0 Å². The first-order chi connectivity index (χ1) is 9.92. The third-order valence-corrected chi connectivity index (χ3v) is 5.98. The van der Waals surface area contributed by atoms with Crippen LogP contribution >= 0.6 is 23.5 Å². The van der Waals surface area contributed by atoms with Crippen molar-refractivity contribution in [2.45, 2.75) is 25.2 Å². The quantitative estimate of drug-likeness (QED) is 0.210. The number of phosphoric ester groups is 1. The number of rotatable bonds is 8. The van der Waals surface area contributed by atoms with Gasteiger partial charge < -0.3 is 30.0 Å². The van der Waals surface area contributed by atoms with Gasteiger partial charge in [0.05, 0.1) is 19.0 Å². The lowest BCUT2D eigenvalue weighted by atomic mass is 10.2. The summed E-state index contributed by atoms with van der Waals surface area (Å²) in [5.41, 5.74) is 5.07. The summed E-state index contributed by atoms with van der Waals surface area (Å²) in [5, 5.41) is 0. The molecule has 1 rings (SSSR count). The highest BCUT2D eigenvalue weighted by molar-refractivity contribution is 7.66. The molecule has 130 valence electrons. The van der Waals surface area contributed by atoms with E-state index in [2.05, 4.69) is 18.1 Å². The fourth-order valence-corrected chi connectivity index (χ4v) is 4.54. The van der Waals surface area contributed by atoms with Gasteiger partial charge in [0.2, 0.25) is 0 Å². The first-order valence-corrected chi connectivity index (χ1v) is 10.1. The number of phosphoric acid groups is 3. The van der Waals surface area contributed by atoms with E-state index in [1.54, 1.807) is 0 Å². The molecular formula is C6H15N2O11P3. The summed E-state index contributed by atoms with van der Waals surface area (Å²) in [6.07, 6.45) is 0.767. The Labute approximate surface area is 124 Å². The predicted octanol–water partition coefficient (Wildman–Crippen LogP) is -0.178. The van der Waals surface area contributed by atoms with Crippen LogP contribution in [0.15, 0.2) is 4.99 Å². The molecule has 0 aromatic carbocycles. The first-order valence-electron chi connectivity index (χ1n) is 5.60. The van der Waals surface area contributed by atoms with E-state index < -0.39 is 42.4 Å². The van der Waals surface area contributed by atoms with Crippen molar-refractivity contribution < 1.29 is 51.2 Å². The zero-order chi connectivity index (χ0) is 17.0. The molecule has 4 unspecified atom stereocenters. The molecule has 1 fully saturated rings. The van der Waals surface area contributed by atoms with Crippen LogP contribution in [-0.2, 0) is 31.6 Å². The molecule has 1 saturated heterocycles. The summed E-state index contributed by atoms with van der Waals surface area (Å²) in [4.78, 5) is 38.6. The van der Waals surface area contributed by atoms with E-state index in [1.165, 1.54) is 0 Å². The van der Waals surface area contributed by atoms with Crippen molar-refractivity contribution in [3.8, 4) is 0 Å². The molecule has 0 aliphatic carbocycles. The number of ether oxygens (including phenoxy) is 1. The largest absolute Gasteiger partial charge is 0.490 e. The van der Waals surface area contributed by atoms with E-state index >= 15 is 0 Å². The highest BCUT2D eigenvalue weighted by Gasteiger charge is 2.41. The number of hydrogen-bond acceptors (Lipinski definition) is 8. The van der Waals surface area contributed by atoms with Gasteiger partial charge in [0.25, 0.3) is 0 Å². The van der Waals surface area contributed by atoms with Crippen molar-refractivity contribution in [1.29, 1.82) is 0 Å². The van der Waals surface area contributed by atoms with Gasteiger partial charge >= 0.3 is 23.5 Å². The molecule has 0 amide bonds. The molecule has 1 heterocycles. The Morgan fingerprint density at radius 2 is 1.77 bits per heavy atom. The Hall–Kier alpha value is -0.160. The minimum atomic E-state index is -5.50. The molecule has 0 aromatic heterocycles. The second-order valence-electron chi connectivity index (χ2n) is 3.97. The molecule has 4 atom stereocenters. The van der Waals surface area contributed by atoms with Crippen molar-refractivity contribution in [1.82, 2.24) is 0 Å².